The summed E-state index contributed by atoms with van der Waals surface area (Å²) in [6.07, 6.45) is 0.160. The van der Waals surface area contributed by atoms with Gasteiger partial charge in [-0.2, -0.15) is 0 Å². The number of carbonyl (C=O) groups excluding carboxylic acids is 2. The number of hydrogen-bond donors (Lipinski definition) is 4. The standard InChI is InChI=1S/C30H36N2O8/c1-17-3-5-18(6-4-17)14-32(30(37)20-7-10-39-16-20)23-13-22(29(36)31-8-9-33)25-21-11-19(15-34)12-24(38-2)27(21)40-28(25)26(23)35/h3-6,11-13,20,23,25-26,28,33-35H,7-10,14-16H2,1-2H3,(H,31,36). The lowest BCUT2D eigenvalue weighted by molar-refractivity contribution is -0.142. The molecule has 2 aromatic carbocycles. The topological polar surface area (TPSA) is 138 Å². The van der Waals surface area contributed by atoms with E-state index in [0.29, 0.717) is 47.8 Å². The second-order valence-electron chi connectivity index (χ2n) is 10.5. The fraction of sp³-hybridized carbons (Fsp3) is 0.467. The van der Waals surface area contributed by atoms with Crippen molar-refractivity contribution in [2.24, 2.45) is 5.92 Å². The number of hydrogen-bond acceptors (Lipinski definition) is 8. The number of nitrogens with zero attached hydrogens (tertiary/aromatic N) is 1. The Morgan fingerprint density at radius 1 is 1.15 bits per heavy atom. The molecule has 5 unspecified atom stereocenters. The maximum atomic E-state index is 13.9. The van der Waals surface area contributed by atoms with E-state index in [1.807, 2.05) is 31.2 Å². The van der Waals surface area contributed by atoms with E-state index in [0.717, 1.165) is 11.1 Å². The van der Waals surface area contributed by atoms with Gasteiger partial charge < -0.3 is 39.7 Å². The van der Waals surface area contributed by atoms with Crippen LogP contribution in [0.4, 0.5) is 0 Å². The zero-order valence-corrected chi connectivity index (χ0v) is 22.7. The molecule has 10 heteroatoms. The molecule has 0 radical (unpaired) electrons. The van der Waals surface area contributed by atoms with Crippen LogP contribution in [0.5, 0.6) is 11.5 Å². The van der Waals surface area contributed by atoms with Crippen LogP contribution in [0.2, 0.25) is 0 Å². The van der Waals surface area contributed by atoms with Crippen LogP contribution >= 0.6 is 0 Å². The molecule has 1 saturated heterocycles. The zero-order chi connectivity index (χ0) is 28.4. The molecule has 2 aliphatic heterocycles. The van der Waals surface area contributed by atoms with Gasteiger partial charge in [0.05, 0.1) is 44.8 Å². The summed E-state index contributed by atoms with van der Waals surface area (Å²) in [7, 11) is 1.48. The molecule has 2 aromatic rings. The Bertz CT molecular complexity index is 1270. The second kappa shape index (κ2) is 12.0. The molecule has 3 aliphatic rings. The quantitative estimate of drug-likeness (QED) is 0.364. The van der Waals surface area contributed by atoms with Crippen molar-refractivity contribution in [3.8, 4) is 11.5 Å². The highest BCUT2D eigenvalue weighted by Crippen LogP contribution is 2.51. The Morgan fingerprint density at radius 3 is 2.58 bits per heavy atom. The number of aliphatic hydroxyl groups excluding tert-OH is 3. The summed E-state index contributed by atoms with van der Waals surface area (Å²) in [4.78, 5) is 29.0. The minimum Gasteiger partial charge on any atom is -0.493 e. The fourth-order valence-corrected chi connectivity index (χ4v) is 5.80. The van der Waals surface area contributed by atoms with Gasteiger partial charge in [0.2, 0.25) is 11.8 Å². The van der Waals surface area contributed by atoms with Gasteiger partial charge in [-0.25, -0.2) is 0 Å². The highest BCUT2D eigenvalue weighted by molar-refractivity contribution is 5.96. The molecule has 10 nitrogen and oxygen atoms in total. The van der Waals surface area contributed by atoms with Gasteiger partial charge in [-0.05, 0) is 42.7 Å². The number of aliphatic hydroxyl groups is 3. The molecule has 214 valence electrons. The molecule has 2 heterocycles. The molecule has 0 spiro atoms. The van der Waals surface area contributed by atoms with Crippen LogP contribution in [0, 0.1) is 12.8 Å². The maximum Gasteiger partial charge on any atom is 0.247 e. The van der Waals surface area contributed by atoms with Crippen LogP contribution in [-0.4, -0.2) is 83.8 Å². The summed E-state index contributed by atoms with van der Waals surface area (Å²) < 4.78 is 17.3. The minimum atomic E-state index is -1.18. The van der Waals surface area contributed by atoms with Crippen LogP contribution in [-0.2, 0) is 27.5 Å². The number of aryl methyl sites for hydroxylation is 1. The van der Waals surface area contributed by atoms with Crippen LogP contribution in [0.3, 0.4) is 0 Å². The molecular weight excluding hydrogens is 516 g/mol. The number of fused-ring (bicyclic) bond motifs is 3. The predicted octanol–water partition coefficient (Wildman–Crippen LogP) is 1.18. The van der Waals surface area contributed by atoms with E-state index in [1.165, 1.54) is 7.11 Å². The summed E-state index contributed by atoms with van der Waals surface area (Å²) in [5.41, 5.74) is 3.47. The lowest BCUT2D eigenvalue weighted by atomic mass is 9.77. The molecule has 1 aliphatic carbocycles. The number of rotatable bonds is 9. The van der Waals surface area contributed by atoms with Gasteiger partial charge in [-0.3, -0.25) is 9.59 Å². The average Bonchev–Trinajstić information content (AvgIpc) is 3.64. The number of ether oxygens (including phenoxy) is 3. The number of carbonyl (C=O) groups is 2. The Morgan fingerprint density at radius 2 is 1.93 bits per heavy atom. The third-order valence-corrected chi connectivity index (χ3v) is 7.89. The van der Waals surface area contributed by atoms with E-state index < -0.39 is 30.1 Å². The van der Waals surface area contributed by atoms with Crippen LogP contribution in [0.15, 0.2) is 48.0 Å². The van der Waals surface area contributed by atoms with Gasteiger partial charge in [0.25, 0.3) is 0 Å². The molecule has 2 amide bonds. The molecule has 5 rings (SSSR count). The van der Waals surface area contributed by atoms with Crippen molar-refractivity contribution in [2.75, 3.05) is 33.5 Å². The van der Waals surface area contributed by atoms with Crippen LogP contribution in [0.1, 0.15) is 34.6 Å². The highest BCUT2D eigenvalue weighted by atomic mass is 16.5. The Labute approximate surface area is 233 Å². The molecule has 5 atom stereocenters. The first-order chi connectivity index (χ1) is 19.4. The zero-order valence-electron chi connectivity index (χ0n) is 22.7. The number of benzene rings is 2. The summed E-state index contributed by atoms with van der Waals surface area (Å²) in [5.74, 6) is -0.863. The van der Waals surface area contributed by atoms with Crippen molar-refractivity contribution in [3.63, 3.8) is 0 Å². The van der Waals surface area contributed by atoms with E-state index in [2.05, 4.69) is 5.32 Å². The van der Waals surface area contributed by atoms with E-state index in [9.17, 15) is 24.9 Å². The summed E-state index contributed by atoms with van der Waals surface area (Å²) in [5, 5.41) is 33.7. The average molecular weight is 553 g/mol. The third-order valence-electron chi connectivity index (χ3n) is 7.89. The molecule has 4 N–H and O–H groups in total. The van der Waals surface area contributed by atoms with Crippen LogP contribution in [0.25, 0.3) is 0 Å². The van der Waals surface area contributed by atoms with Gasteiger partial charge >= 0.3 is 0 Å². The van der Waals surface area contributed by atoms with Crippen molar-refractivity contribution in [3.05, 3.63) is 70.3 Å². The van der Waals surface area contributed by atoms with Crippen molar-refractivity contribution in [1.29, 1.82) is 0 Å². The lowest BCUT2D eigenvalue weighted by Gasteiger charge is -2.41. The van der Waals surface area contributed by atoms with E-state index >= 15 is 0 Å². The van der Waals surface area contributed by atoms with Gasteiger partial charge in [0.1, 0.15) is 12.2 Å². The van der Waals surface area contributed by atoms with Crippen molar-refractivity contribution >= 4 is 11.8 Å². The SMILES string of the molecule is COc1cc(CO)cc2c1OC1C2C(C(=O)NCCO)=CC(N(Cc2ccc(C)cc2)C(=O)C2CCOC2)C1O. The van der Waals surface area contributed by atoms with E-state index in [4.69, 9.17) is 14.2 Å². The predicted molar refractivity (Wildman–Crippen MR) is 145 cm³/mol. The monoisotopic (exact) mass is 552 g/mol. The van der Waals surface area contributed by atoms with E-state index in [1.54, 1.807) is 23.1 Å². The van der Waals surface area contributed by atoms with Crippen LogP contribution < -0.4 is 14.8 Å². The summed E-state index contributed by atoms with van der Waals surface area (Å²) in [6.45, 7) is 2.55. The molecule has 0 saturated carbocycles. The smallest absolute Gasteiger partial charge is 0.247 e. The lowest BCUT2D eigenvalue weighted by Crippen LogP contribution is -2.56. The van der Waals surface area contributed by atoms with Crippen molar-refractivity contribution < 1.29 is 39.1 Å². The number of amides is 2. The Balaban J connectivity index is 1.59. The number of methoxy groups -OCH3 is 1. The third kappa shape index (κ3) is 5.32. The molecule has 40 heavy (non-hydrogen) atoms. The minimum absolute atomic E-state index is 0.0416. The molecule has 0 aromatic heterocycles. The Kier molecular flexibility index (Phi) is 8.41. The summed E-state index contributed by atoms with van der Waals surface area (Å²) in [6, 6.07) is 10.4. The molecule has 0 bridgehead atoms. The van der Waals surface area contributed by atoms with Crippen molar-refractivity contribution in [2.45, 2.75) is 50.7 Å². The first kappa shape index (κ1) is 28.1. The first-order valence-electron chi connectivity index (χ1n) is 13.6. The normalized spacial score (nSPS) is 24.9. The second-order valence-corrected chi connectivity index (χ2v) is 10.5. The fourth-order valence-electron chi connectivity index (χ4n) is 5.80. The van der Waals surface area contributed by atoms with E-state index in [-0.39, 0.29) is 38.1 Å². The van der Waals surface area contributed by atoms with Gasteiger partial charge in [-0.1, -0.05) is 29.8 Å². The van der Waals surface area contributed by atoms with Gasteiger partial charge in [0.15, 0.2) is 11.5 Å². The van der Waals surface area contributed by atoms with Crippen molar-refractivity contribution in [1.82, 2.24) is 10.2 Å². The molecular formula is C30H36N2O8. The number of nitrogens with one attached hydrogen (secondary N) is 1. The summed E-state index contributed by atoms with van der Waals surface area (Å²) >= 11 is 0. The maximum absolute atomic E-state index is 13.9. The highest BCUT2D eigenvalue weighted by Gasteiger charge is 2.52. The van der Waals surface area contributed by atoms with Gasteiger partial charge in [0, 0.05) is 30.8 Å². The Hall–Kier alpha value is -3.44. The largest absolute Gasteiger partial charge is 0.493 e. The molecule has 1 fully saturated rings. The first-order valence-corrected chi connectivity index (χ1v) is 13.6. The van der Waals surface area contributed by atoms with Gasteiger partial charge in [-0.15, -0.1) is 0 Å².